The van der Waals surface area contributed by atoms with Gasteiger partial charge in [-0.15, -0.1) is 0 Å². The van der Waals surface area contributed by atoms with Crippen LogP contribution >= 0.6 is 0 Å². The summed E-state index contributed by atoms with van der Waals surface area (Å²) in [6.45, 7) is 1.89. The van der Waals surface area contributed by atoms with Gasteiger partial charge in [-0.1, -0.05) is 24.3 Å². The van der Waals surface area contributed by atoms with Crippen LogP contribution in [0.1, 0.15) is 37.8 Å². The van der Waals surface area contributed by atoms with Crippen molar-refractivity contribution in [2.45, 2.75) is 12.8 Å². The van der Waals surface area contributed by atoms with Crippen LogP contribution in [-0.2, 0) is 0 Å². The molecule has 0 unspecified atom stereocenters. The minimum absolute atomic E-state index is 0.119. The Morgan fingerprint density at radius 1 is 1.00 bits per heavy atom. The van der Waals surface area contributed by atoms with Crippen molar-refractivity contribution in [1.29, 1.82) is 0 Å². The topological polar surface area (TPSA) is 47.0 Å². The summed E-state index contributed by atoms with van der Waals surface area (Å²) >= 11 is 0. The zero-order valence-electron chi connectivity index (χ0n) is 9.88. The largest absolute Gasteiger partial charge is 0.293 e. The third-order valence-electron chi connectivity index (χ3n) is 3.37. The van der Waals surface area contributed by atoms with Crippen LogP contribution in [-0.4, -0.2) is 16.6 Å². The molecule has 3 heteroatoms. The molecule has 0 spiro atoms. The quantitative estimate of drug-likeness (QED) is 0.716. The van der Waals surface area contributed by atoms with Crippen molar-refractivity contribution >= 4 is 11.6 Å². The van der Waals surface area contributed by atoms with Crippen LogP contribution in [0.3, 0.4) is 0 Å². The molecule has 0 amide bonds. The number of carbonyl (C=O) groups excluding carboxylic acids is 2. The molecule has 18 heavy (non-hydrogen) atoms. The molecule has 0 radical (unpaired) electrons. The second kappa shape index (κ2) is 3.88. The molecule has 3 rings (SSSR count). The van der Waals surface area contributed by atoms with E-state index in [9.17, 15) is 9.59 Å². The van der Waals surface area contributed by atoms with E-state index in [-0.39, 0.29) is 11.6 Å². The van der Waals surface area contributed by atoms with Gasteiger partial charge in [0, 0.05) is 23.5 Å². The SMILES string of the molecule is Cc1ccncc1C1C(=O)c2ccccc2C1=O. The Balaban J connectivity index is 2.16. The van der Waals surface area contributed by atoms with E-state index in [1.807, 2.05) is 13.0 Å². The Hall–Kier alpha value is -2.29. The maximum atomic E-state index is 12.3. The van der Waals surface area contributed by atoms with Gasteiger partial charge in [-0.2, -0.15) is 0 Å². The lowest BCUT2D eigenvalue weighted by atomic mass is 9.92. The van der Waals surface area contributed by atoms with Gasteiger partial charge in [-0.3, -0.25) is 14.6 Å². The Morgan fingerprint density at radius 3 is 2.17 bits per heavy atom. The predicted octanol–water partition coefficient (Wildman–Crippen LogP) is 2.55. The highest BCUT2D eigenvalue weighted by Crippen LogP contribution is 2.34. The van der Waals surface area contributed by atoms with Gasteiger partial charge in [-0.25, -0.2) is 0 Å². The summed E-state index contributed by atoms with van der Waals surface area (Å²) in [6.07, 6.45) is 3.28. The molecule has 0 N–H and O–H groups in total. The molecule has 88 valence electrons. The number of hydrogen-bond donors (Lipinski definition) is 0. The van der Waals surface area contributed by atoms with Gasteiger partial charge < -0.3 is 0 Å². The first-order valence-electron chi connectivity index (χ1n) is 5.78. The summed E-state index contributed by atoms with van der Waals surface area (Å²) in [6, 6.07) is 8.80. The van der Waals surface area contributed by atoms with Crippen molar-refractivity contribution in [2.75, 3.05) is 0 Å². The number of rotatable bonds is 1. The van der Waals surface area contributed by atoms with Crippen LogP contribution in [0.4, 0.5) is 0 Å². The van der Waals surface area contributed by atoms with Crippen LogP contribution in [0.5, 0.6) is 0 Å². The number of hydrogen-bond acceptors (Lipinski definition) is 3. The molecule has 1 aliphatic carbocycles. The van der Waals surface area contributed by atoms with Crippen molar-refractivity contribution in [2.24, 2.45) is 0 Å². The fourth-order valence-corrected chi connectivity index (χ4v) is 2.40. The van der Waals surface area contributed by atoms with Crippen LogP contribution in [0.15, 0.2) is 42.7 Å². The fraction of sp³-hybridized carbons (Fsp3) is 0.133. The van der Waals surface area contributed by atoms with Crippen LogP contribution in [0.25, 0.3) is 0 Å². The van der Waals surface area contributed by atoms with Crippen molar-refractivity contribution in [1.82, 2.24) is 4.98 Å². The molecule has 1 aromatic carbocycles. The van der Waals surface area contributed by atoms with Gasteiger partial charge in [0.05, 0.1) is 0 Å². The number of aromatic nitrogens is 1. The summed E-state index contributed by atoms with van der Waals surface area (Å²) in [5, 5.41) is 0. The molecule has 2 aromatic rings. The molecule has 1 heterocycles. The van der Waals surface area contributed by atoms with E-state index < -0.39 is 5.92 Å². The number of nitrogens with zero attached hydrogens (tertiary/aromatic N) is 1. The molecular weight excluding hydrogens is 226 g/mol. The Bertz CT molecular complexity index is 626. The molecular formula is C15H11NO2. The average Bonchev–Trinajstić information content (AvgIpc) is 2.64. The van der Waals surface area contributed by atoms with E-state index in [0.29, 0.717) is 16.7 Å². The first-order chi connectivity index (χ1) is 8.70. The van der Waals surface area contributed by atoms with Gasteiger partial charge in [0.15, 0.2) is 11.6 Å². The number of carbonyl (C=O) groups is 2. The number of ketones is 2. The third-order valence-corrected chi connectivity index (χ3v) is 3.37. The molecule has 0 atom stereocenters. The Morgan fingerprint density at radius 2 is 1.61 bits per heavy atom. The number of pyridine rings is 1. The molecule has 0 fully saturated rings. The average molecular weight is 237 g/mol. The monoisotopic (exact) mass is 237 g/mol. The van der Waals surface area contributed by atoms with Crippen LogP contribution in [0.2, 0.25) is 0 Å². The van der Waals surface area contributed by atoms with Crippen molar-refractivity contribution < 1.29 is 9.59 Å². The van der Waals surface area contributed by atoms with Gasteiger partial charge in [0.2, 0.25) is 0 Å². The fourth-order valence-electron chi connectivity index (χ4n) is 2.40. The van der Waals surface area contributed by atoms with Crippen molar-refractivity contribution in [3.8, 4) is 0 Å². The Labute approximate surface area is 104 Å². The van der Waals surface area contributed by atoms with Crippen LogP contribution < -0.4 is 0 Å². The first-order valence-corrected chi connectivity index (χ1v) is 5.78. The van der Waals surface area contributed by atoms with E-state index in [2.05, 4.69) is 4.98 Å². The minimum Gasteiger partial charge on any atom is -0.293 e. The lowest BCUT2D eigenvalue weighted by Gasteiger charge is -2.09. The Kier molecular flexibility index (Phi) is 2.33. The number of benzene rings is 1. The highest BCUT2D eigenvalue weighted by Gasteiger charge is 2.39. The summed E-state index contributed by atoms with van der Waals surface area (Å²) in [5.41, 5.74) is 2.68. The maximum absolute atomic E-state index is 12.3. The zero-order valence-corrected chi connectivity index (χ0v) is 9.88. The molecule has 1 aromatic heterocycles. The number of fused-ring (bicyclic) bond motifs is 1. The van der Waals surface area contributed by atoms with Crippen LogP contribution in [0, 0.1) is 6.92 Å². The van der Waals surface area contributed by atoms with E-state index in [0.717, 1.165) is 5.56 Å². The zero-order chi connectivity index (χ0) is 12.7. The predicted molar refractivity (Wildman–Crippen MR) is 66.8 cm³/mol. The molecule has 0 saturated heterocycles. The van der Waals surface area contributed by atoms with E-state index in [1.165, 1.54) is 0 Å². The highest BCUT2D eigenvalue weighted by atomic mass is 16.2. The second-order valence-electron chi connectivity index (χ2n) is 4.44. The minimum atomic E-state index is -0.712. The van der Waals surface area contributed by atoms with Gasteiger partial charge in [0.25, 0.3) is 0 Å². The van der Waals surface area contributed by atoms with E-state index in [4.69, 9.17) is 0 Å². The van der Waals surface area contributed by atoms with Gasteiger partial charge in [0.1, 0.15) is 5.92 Å². The second-order valence-corrected chi connectivity index (χ2v) is 4.44. The first kappa shape index (κ1) is 10.8. The number of aryl methyl sites for hydroxylation is 1. The third kappa shape index (κ3) is 1.40. The lowest BCUT2D eigenvalue weighted by Crippen LogP contribution is -2.14. The molecule has 3 nitrogen and oxygen atoms in total. The van der Waals surface area contributed by atoms with E-state index in [1.54, 1.807) is 36.7 Å². The molecule has 0 saturated carbocycles. The van der Waals surface area contributed by atoms with Crippen molar-refractivity contribution in [3.63, 3.8) is 0 Å². The van der Waals surface area contributed by atoms with Gasteiger partial charge >= 0.3 is 0 Å². The molecule has 0 bridgehead atoms. The van der Waals surface area contributed by atoms with Crippen molar-refractivity contribution in [3.05, 3.63) is 65.0 Å². The number of Topliss-reactive ketones (excluding diaryl/α,β-unsaturated/α-hetero) is 2. The van der Waals surface area contributed by atoms with Gasteiger partial charge in [-0.05, 0) is 24.1 Å². The summed E-state index contributed by atoms with van der Waals surface area (Å²) in [7, 11) is 0. The normalized spacial score (nSPS) is 14.9. The smallest absolute Gasteiger partial charge is 0.178 e. The maximum Gasteiger partial charge on any atom is 0.178 e. The summed E-state index contributed by atoms with van der Waals surface area (Å²) < 4.78 is 0. The lowest BCUT2D eigenvalue weighted by molar-refractivity contribution is 0.0889. The molecule has 1 aliphatic rings. The summed E-state index contributed by atoms with van der Waals surface area (Å²) in [4.78, 5) is 28.6. The molecule has 0 aliphatic heterocycles. The highest BCUT2D eigenvalue weighted by molar-refractivity contribution is 6.29. The standard InChI is InChI=1S/C15H11NO2/c1-9-6-7-16-8-12(9)13-14(17)10-4-2-3-5-11(10)15(13)18/h2-8,13H,1H3. The summed E-state index contributed by atoms with van der Waals surface area (Å²) in [5.74, 6) is -0.950. The van der Waals surface area contributed by atoms with E-state index >= 15 is 0 Å².